The third kappa shape index (κ3) is 7.02. The number of amides is 1. The SMILES string of the molecule is CSCCC(NS(=O)(=O)c1ccc(C)cc1)C(=O)N1CCN(C(c2ccccc2)c2ccccc2)CC1. The highest BCUT2D eigenvalue weighted by molar-refractivity contribution is 7.98. The summed E-state index contributed by atoms with van der Waals surface area (Å²) in [6.45, 7) is 4.43. The molecule has 0 aliphatic carbocycles. The Hall–Kier alpha value is -2.65. The molecule has 1 heterocycles. The second kappa shape index (κ2) is 12.7. The first-order valence-electron chi connectivity index (χ1n) is 12.6. The van der Waals surface area contributed by atoms with Crippen LogP contribution in [0.15, 0.2) is 89.8 Å². The summed E-state index contributed by atoms with van der Waals surface area (Å²) in [5.74, 6) is 0.539. The van der Waals surface area contributed by atoms with E-state index in [2.05, 4.69) is 58.2 Å². The van der Waals surface area contributed by atoms with Crippen molar-refractivity contribution in [2.75, 3.05) is 38.2 Å². The molecule has 37 heavy (non-hydrogen) atoms. The zero-order valence-corrected chi connectivity index (χ0v) is 23.0. The summed E-state index contributed by atoms with van der Waals surface area (Å²) in [6.07, 6.45) is 2.41. The lowest BCUT2D eigenvalue weighted by Crippen LogP contribution is -2.55. The Bertz CT molecular complexity index is 1210. The minimum atomic E-state index is -3.80. The van der Waals surface area contributed by atoms with Gasteiger partial charge in [0.1, 0.15) is 6.04 Å². The second-order valence-corrected chi connectivity index (χ2v) is 12.1. The van der Waals surface area contributed by atoms with Crippen LogP contribution in [-0.4, -0.2) is 68.4 Å². The predicted molar refractivity (Wildman–Crippen MR) is 151 cm³/mol. The summed E-state index contributed by atoms with van der Waals surface area (Å²) in [7, 11) is -3.80. The van der Waals surface area contributed by atoms with E-state index in [1.165, 1.54) is 11.1 Å². The number of benzene rings is 3. The summed E-state index contributed by atoms with van der Waals surface area (Å²) in [4.78, 5) is 18.0. The first-order valence-corrected chi connectivity index (χ1v) is 15.5. The molecule has 1 fully saturated rings. The van der Waals surface area contributed by atoms with Crippen molar-refractivity contribution < 1.29 is 13.2 Å². The van der Waals surface area contributed by atoms with Gasteiger partial charge < -0.3 is 4.90 Å². The Kier molecular flexibility index (Phi) is 9.43. The maximum absolute atomic E-state index is 13.6. The molecule has 1 unspecified atom stereocenters. The van der Waals surface area contributed by atoms with Crippen molar-refractivity contribution in [2.24, 2.45) is 0 Å². The average molecular weight is 538 g/mol. The molecule has 0 aromatic heterocycles. The molecule has 1 aliphatic heterocycles. The Morgan fingerprint density at radius 3 is 1.92 bits per heavy atom. The zero-order chi connectivity index (χ0) is 26.3. The van der Waals surface area contributed by atoms with Crippen molar-refractivity contribution in [3.05, 3.63) is 102 Å². The van der Waals surface area contributed by atoms with Gasteiger partial charge in [-0.3, -0.25) is 9.69 Å². The fourth-order valence-corrected chi connectivity index (χ4v) is 6.44. The highest BCUT2D eigenvalue weighted by atomic mass is 32.2. The van der Waals surface area contributed by atoms with Crippen LogP contribution < -0.4 is 4.72 Å². The van der Waals surface area contributed by atoms with E-state index >= 15 is 0 Å². The molecule has 0 radical (unpaired) electrons. The molecule has 0 saturated carbocycles. The molecule has 3 aromatic rings. The summed E-state index contributed by atoms with van der Waals surface area (Å²) in [5.41, 5.74) is 3.42. The van der Waals surface area contributed by atoms with E-state index in [4.69, 9.17) is 0 Å². The lowest BCUT2D eigenvalue weighted by atomic mass is 9.96. The highest BCUT2D eigenvalue weighted by Crippen LogP contribution is 2.29. The molecule has 1 aliphatic rings. The van der Waals surface area contributed by atoms with Gasteiger partial charge in [0.15, 0.2) is 0 Å². The average Bonchev–Trinajstić information content (AvgIpc) is 2.92. The van der Waals surface area contributed by atoms with Crippen molar-refractivity contribution in [1.82, 2.24) is 14.5 Å². The van der Waals surface area contributed by atoms with E-state index in [1.54, 1.807) is 36.0 Å². The molecule has 1 saturated heterocycles. The number of hydrogen-bond donors (Lipinski definition) is 1. The third-order valence-corrected chi connectivity index (χ3v) is 8.89. The predicted octanol–water partition coefficient (Wildman–Crippen LogP) is 4.33. The van der Waals surface area contributed by atoms with E-state index in [-0.39, 0.29) is 16.8 Å². The number of hydrogen-bond acceptors (Lipinski definition) is 5. The van der Waals surface area contributed by atoms with Gasteiger partial charge in [0.25, 0.3) is 0 Å². The van der Waals surface area contributed by atoms with E-state index in [9.17, 15) is 13.2 Å². The van der Waals surface area contributed by atoms with Crippen LogP contribution in [-0.2, 0) is 14.8 Å². The quantitative estimate of drug-likeness (QED) is 0.417. The molecule has 1 atom stereocenters. The van der Waals surface area contributed by atoms with Crippen molar-refractivity contribution >= 4 is 27.7 Å². The molecular weight excluding hydrogens is 502 g/mol. The fourth-order valence-electron chi connectivity index (χ4n) is 4.75. The van der Waals surface area contributed by atoms with Crippen LogP contribution in [0.2, 0.25) is 0 Å². The van der Waals surface area contributed by atoms with Crippen molar-refractivity contribution in [3.63, 3.8) is 0 Å². The molecule has 8 heteroatoms. The smallest absolute Gasteiger partial charge is 0.241 e. The van der Waals surface area contributed by atoms with Crippen LogP contribution in [0.3, 0.4) is 0 Å². The molecule has 6 nitrogen and oxygen atoms in total. The molecule has 1 amide bonds. The van der Waals surface area contributed by atoms with E-state index < -0.39 is 16.1 Å². The van der Waals surface area contributed by atoms with Crippen LogP contribution in [0.5, 0.6) is 0 Å². The Morgan fingerprint density at radius 1 is 0.865 bits per heavy atom. The number of piperazine rings is 1. The number of thioether (sulfide) groups is 1. The lowest BCUT2D eigenvalue weighted by Gasteiger charge is -2.40. The maximum atomic E-state index is 13.6. The highest BCUT2D eigenvalue weighted by Gasteiger charge is 2.33. The van der Waals surface area contributed by atoms with Gasteiger partial charge in [-0.1, -0.05) is 78.4 Å². The topological polar surface area (TPSA) is 69.7 Å². The van der Waals surface area contributed by atoms with Crippen LogP contribution in [0, 0.1) is 6.92 Å². The molecule has 0 spiro atoms. The Morgan fingerprint density at radius 2 is 1.41 bits per heavy atom. The zero-order valence-electron chi connectivity index (χ0n) is 21.4. The van der Waals surface area contributed by atoms with Gasteiger partial charge in [0, 0.05) is 26.2 Å². The molecule has 196 valence electrons. The Labute approximate surface area is 225 Å². The summed E-state index contributed by atoms with van der Waals surface area (Å²) >= 11 is 1.60. The third-order valence-electron chi connectivity index (χ3n) is 6.76. The summed E-state index contributed by atoms with van der Waals surface area (Å²) < 4.78 is 28.8. The van der Waals surface area contributed by atoms with E-state index in [0.29, 0.717) is 38.4 Å². The maximum Gasteiger partial charge on any atom is 0.241 e. The van der Waals surface area contributed by atoms with Crippen molar-refractivity contribution in [2.45, 2.75) is 30.3 Å². The first-order chi connectivity index (χ1) is 17.9. The van der Waals surface area contributed by atoms with Crippen LogP contribution in [0.25, 0.3) is 0 Å². The van der Waals surface area contributed by atoms with Gasteiger partial charge in [0.05, 0.1) is 10.9 Å². The van der Waals surface area contributed by atoms with E-state index in [0.717, 1.165) is 5.56 Å². The second-order valence-electron chi connectivity index (χ2n) is 9.35. The van der Waals surface area contributed by atoms with Gasteiger partial charge in [-0.25, -0.2) is 8.42 Å². The summed E-state index contributed by atoms with van der Waals surface area (Å²) in [6, 6.07) is 26.9. The monoisotopic (exact) mass is 537 g/mol. The minimum absolute atomic E-state index is 0.104. The molecule has 4 rings (SSSR count). The number of sulfonamides is 1. The summed E-state index contributed by atoms with van der Waals surface area (Å²) in [5, 5.41) is 0. The standard InChI is InChI=1S/C29H35N3O3S2/c1-23-13-15-26(16-14-23)37(34,35)30-27(17-22-36-2)29(33)32-20-18-31(19-21-32)28(24-9-5-3-6-10-24)25-11-7-4-8-12-25/h3-16,27-28,30H,17-22H2,1-2H3. The Balaban J connectivity index is 1.47. The number of carbonyl (C=O) groups excluding carboxylic acids is 1. The van der Waals surface area contributed by atoms with E-state index in [1.807, 2.05) is 30.2 Å². The number of carbonyl (C=O) groups is 1. The number of nitrogens with zero attached hydrogens (tertiary/aromatic N) is 2. The van der Waals surface area contributed by atoms with Crippen LogP contribution in [0.4, 0.5) is 0 Å². The fraction of sp³-hybridized carbons (Fsp3) is 0.345. The minimum Gasteiger partial charge on any atom is -0.339 e. The lowest BCUT2D eigenvalue weighted by molar-refractivity contribution is -0.135. The molecule has 0 bridgehead atoms. The van der Waals surface area contributed by atoms with Crippen LogP contribution >= 0.6 is 11.8 Å². The van der Waals surface area contributed by atoms with Gasteiger partial charge in [0.2, 0.25) is 15.9 Å². The van der Waals surface area contributed by atoms with Crippen molar-refractivity contribution in [1.29, 1.82) is 0 Å². The normalized spacial score (nSPS) is 15.6. The van der Waals surface area contributed by atoms with Crippen LogP contribution in [0.1, 0.15) is 29.2 Å². The van der Waals surface area contributed by atoms with Gasteiger partial charge in [-0.15, -0.1) is 0 Å². The largest absolute Gasteiger partial charge is 0.339 e. The number of rotatable bonds is 10. The molecule has 1 N–H and O–H groups in total. The number of nitrogens with one attached hydrogen (secondary N) is 1. The molecular formula is C29H35N3O3S2. The van der Waals surface area contributed by atoms with Crippen molar-refractivity contribution in [3.8, 4) is 0 Å². The molecule has 3 aromatic carbocycles. The van der Waals surface area contributed by atoms with Gasteiger partial charge in [-0.05, 0) is 48.6 Å². The van der Waals surface area contributed by atoms with Gasteiger partial charge in [-0.2, -0.15) is 16.5 Å². The first kappa shape index (κ1) is 27.4. The van der Waals surface area contributed by atoms with Gasteiger partial charge >= 0.3 is 0 Å². The number of aryl methyl sites for hydroxylation is 1.